The fourth-order valence-corrected chi connectivity index (χ4v) is 3.39. The molecule has 0 fully saturated rings. The second-order valence-electron chi connectivity index (χ2n) is 3.67. The largest absolute Gasteiger partial charge is 0.344 e. The van der Waals surface area contributed by atoms with Gasteiger partial charge in [-0.3, -0.25) is 9.20 Å². The SMILES string of the molecule is CN(C)C(=O)c1cc2c(nc3sccn32)s1. The monoisotopic (exact) mass is 251 g/mol. The van der Waals surface area contributed by atoms with Crippen LogP contribution >= 0.6 is 22.7 Å². The zero-order valence-corrected chi connectivity index (χ0v) is 10.4. The lowest BCUT2D eigenvalue weighted by Gasteiger charge is -2.06. The minimum atomic E-state index is 0.0342. The summed E-state index contributed by atoms with van der Waals surface area (Å²) in [6.45, 7) is 0. The number of nitrogens with zero attached hydrogens (tertiary/aromatic N) is 3. The van der Waals surface area contributed by atoms with Crippen molar-refractivity contribution in [2.24, 2.45) is 0 Å². The van der Waals surface area contributed by atoms with E-state index in [0.717, 1.165) is 20.2 Å². The highest BCUT2D eigenvalue weighted by Crippen LogP contribution is 2.28. The van der Waals surface area contributed by atoms with Crippen molar-refractivity contribution in [3.05, 3.63) is 22.5 Å². The third kappa shape index (κ3) is 1.27. The third-order valence-corrected chi connectivity index (χ3v) is 4.12. The quantitative estimate of drug-likeness (QED) is 0.665. The van der Waals surface area contributed by atoms with Gasteiger partial charge in [-0.2, -0.15) is 0 Å². The topological polar surface area (TPSA) is 37.6 Å². The van der Waals surface area contributed by atoms with Gasteiger partial charge >= 0.3 is 0 Å². The molecule has 16 heavy (non-hydrogen) atoms. The summed E-state index contributed by atoms with van der Waals surface area (Å²) < 4.78 is 2.02. The third-order valence-electron chi connectivity index (χ3n) is 2.36. The molecule has 0 bridgehead atoms. The van der Waals surface area contributed by atoms with E-state index in [2.05, 4.69) is 4.98 Å². The van der Waals surface area contributed by atoms with Crippen molar-refractivity contribution in [1.29, 1.82) is 0 Å². The van der Waals surface area contributed by atoms with Crippen molar-refractivity contribution in [2.45, 2.75) is 0 Å². The van der Waals surface area contributed by atoms with Crippen molar-refractivity contribution in [2.75, 3.05) is 14.1 Å². The summed E-state index contributed by atoms with van der Waals surface area (Å²) >= 11 is 3.05. The lowest BCUT2D eigenvalue weighted by Crippen LogP contribution is -2.20. The highest BCUT2D eigenvalue weighted by molar-refractivity contribution is 7.21. The van der Waals surface area contributed by atoms with Gasteiger partial charge in [0, 0.05) is 25.7 Å². The Labute approximate surface area is 99.7 Å². The van der Waals surface area contributed by atoms with Gasteiger partial charge in [0.15, 0.2) is 4.96 Å². The Kier molecular flexibility index (Phi) is 2.02. The average Bonchev–Trinajstić information content (AvgIpc) is 2.85. The van der Waals surface area contributed by atoms with Gasteiger partial charge in [-0.15, -0.1) is 22.7 Å². The molecule has 0 N–H and O–H groups in total. The van der Waals surface area contributed by atoms with Crippen LogP contribution < -0.4 is 0 Å². The minimum absolute atomic E-state index is 0.0342. The number of hydrogen-bond acceptors (Lipinski definition) is 4. The average molecular weight is 251 g/mol. The Hall–Kier alpha value is -1.40. The summed E-state index contributed by atoms with van der Waals surface area (Å²) in [5, 5.41) is 1.99. The van der Waals surface area contributed by atoms with E-state index in [0.29, 0.717) is 0 Å². The predicted molar refractivity (Wildman–Crippen MR) is 66.5 cm³/mol. The van der Waals surface area contributed by atoms with Crippen LogP contribution in [0, 0.1) is 0 Å². The number of carbonyl (C=O) groups is 1. The van der Waals surface area contributed by atoms with Crippen LogP contribution in [0.5, 0.6) is 0 Å². The summed E-state index contributed by atoms with van der Waals surface area (Å²) in [4.78, 5) is 20.5. The summed E-state index contributed by atoms with van der Waals surface area (Å²) in [7, 11) is 3.51. The molecule has 0 aromatic carbocycles. The minimum Gasteiger partial charge on any atom is -0.344 e. The number of imidazole rings is 1. The number of carbonyl (C=O) groups excluding carboxylic acids is 1. The predicted octanol–water partition coefficient (Wildman–Crippen LogP) is 2.31. The Bertz CT molecular complexity index is 676. The maximum atomic E-state index is 11.8. The summed E-state index contributed by atoms with van der Waals surface area (Å²) in [6.07, 6.45) is 1.98. The van der Waals surface area contributed by atoms with Crippen LogP contribution in [0.3, 0.4) is 0 Å². The Morgan fingerprint density at radius 3 is 3.06 bits per heavy atom. The van der Waals surface area contributed by atoms with Gasteiger partial charge in [-0.1, -0.05) is 0 Å². The maximum Gasteiger partial charge on any atom is 0.263 e. The molecule has 3 rings (SSSR count). The first kappa shape index (κ1) is 9.80. The van der Waals surface area contributed by atoms with Crippen LogP contribution in [-0.2, 0) is 0 Å². The number of thiophene rings is 1. The van der Waals surface area contributed by atoms with Crippen molar-refractivity contribution in [1.82, 2.24) is 14.3 Å². The molecular weight excluding hydrogens is 242 g/mol. The first-order valence-electron chi connectivity index (χ1n) is 4.73. The van der Waals surface area contributed by atoms with E-state index in [1.165, 1.54) is 11.3 Å². The van der Waals surface area contributed by atoms with E-state index >= 15 is 0 Å². The summed E-state index contributed by atoms with van der Waals surface area (Å²) in [5.74, 6) is 0.0342. The Morgan fingerprint density at radius 1 is 1.50 bits per heavy atom. The van der Waals surface area contributed by atoms with Gasteiger partial charge in [0.25, 0.3) is 5.91 Å². The smallest absolute Gasteiger partial charge is 0.263 e. The molecule has 0 aliphatic carbocycles. The van der Waals surface area contributed by atoms with Gasteiger partial charge in [0.05, 0.1) is 10.4 Å². The van der Waals surface area contributed by atoms with Crippen molar-refractivity contribution in [3.63, 3.8) is 0 Å². The van der Waals surface area contributed by atoms with Gasteiger partial charge in [-0.05, 0) is 6.07 Å². The lowest BCUT2D eigenvalue weighted by atomic mass is 10.4. The normalized spacial score (nSPS) is 11.4. The van der Waals surface area contributed by atoms with E-state index in [1.54, 1.807) is 30.3 Å². The van der Waals surface area contributed by atoms with Gasteiger partial charge in [-0.25, -0.2) is 4.98 Å². The van der Waals surface area contributed by atoms with Crippen molar-refractivity contribution < 1.29 is 4.79 Å². The number of thiazole rings is 1. The molecule has 3 aromatic heterocycles. The van der Waals surface area contributed by atoms with E-state index in [4.69, 9.17) is 0 Å². The second-order valence-corrected chi connectivity index (χ2v) is 5.57. The number of aromatic nitrogens is 2. The van der Waals surface area contributed by atoms with Crippen LogP contribution in [-0.4, -0.2) is 34.3 Å². The van der Waals surface area contributed by atoms with E-state index in [9.17, 15) is 4.79 Å². The first-order valence-corrected chi connectivity index (χ1v) is 6.43. The molecular formula is C10H9N3OS2. The fraction of sp³-hybridized carbons (Fsp3) is 0.200. The number of hydrogen-bond donors (Lipinski definition) is 0. The highest BCUT2D eigenvalue weighted by Gasteiger charge is 2.15. The van der Waals surface area contributed by atoms with Crippen LogP contribution in [0.1, 0.15) is 9.67 Å². The molecule has 0 saturated heterocycles. The zero-order valence-electron chi connectivity index (χ0n) is 8.80. The Morgan fingerprint density at radius 2 is 2.31 bits per heavy atom. The molecule has 0 aliphatic rings. The number of amides is 1. The molecule has 3 heterocycles. The van der Waals surface area contributed by atoms with Crippen molar-refractivity contribution in [3.8, 4) is 0 Å². The van der Waals surface area contributed by atoms with Crippen LogP contribution in [0.2, 0.25) is 0 Å². The first-order chi connectivity index (χ1) is 7.66. The molecule has 0 radical (unpaired) electrons. The molecule has 4 nitrogen and oxygen atoms in total. The lowest BCUT2D eigenvalue weighted by molar-refractivity contribution is 0.0832. The summed E-state index contributed by atoms with van der Waals surface area (Å²) in [6, 6.07) is 1.91. The van der Waals surface area contributed by atoms with Gasteiger partial charge in [0.1, 0.15) is 4.83 Å². The molecule has 3 aromatic rings. The van der Waals surface area contributed by atoms with Gasteiger partial charge < -0.3 is 4.90 Å². The molecule has 0 aliphatic heterocycles. The second kappa shape index (κ2) is 3.29. The molecule has 0 atom stereocenters. The van der Waals surface area contributed by atoms with E-state index in [-0.39, 0.29) is 5.91 Å². The van der Waals surface area contributed by atoms with Crippen LogP contribution in [0.15, 0.2) is 17.6 Å². The standard InChI is InChI=1S/C10H9N3OS2/c1-12(2)9(14)7-5-6-8(16-7)11-10-13(6)3-4-15-10/h3-5H,1-2H3. The molecule has 1 amide bonds. The fourth-order valence-electron chi connectivity index (χ4n) is 1.57. The maximum absolute atomic E-state index is 11.8. The summed E-state index contributed by atoms with van der Waals surface area (Å²) in [5.41, 5.74) is 1.02. The molecule has 82 valence electrons. The van der Waals surface area contributed by atoms with Gasteiger partial charge in [0.2, 0.25) is 0 Å². The van der Waals surface area contributed by atoms with Crippen molar-refractivity contribution >= 4 is 43.9 Å². The number of rotatable bonds is 1. The molecule has 0 spiro atoms. The van der Waals surface area contributed by atoms with E-state index in [1.807, 2.05) is 22.0 Å². The molecule has 0 saturated carbocycles. The van der Waals surface area contributed by atoms with Crippen LogP contribution in [0.4, 0.5) is 0 Å². The Balaban J connectivity index is 2.22. The zero-order chi connectivity index (χ0) is 11.3. The molecule has 6 heteroatoms. The number of fused-ring (bicyclic) bond motifs is 3. The van der Waals surface area contributed by atoms with E-state index < -0.39 is 0 Å². The molecule has 0 unspecified atom stereocenters. The highest BCUT2D eigenvalue weighted by atomic mass is 32.1. The van der Waals surface area contributed by atoms with Crippen LogP contribution in [0.25, 0.3) is 15.3 Å².